The van der Waals surface area contributed by atoms with E-state index >= 15 is 0 Å². The Bertz CT molecular complexity index is 223. The van der Waals surface area contributed by atoms with Gasteiger partial charge in [-0.15, -0.1) is 0 Å². The SMILES string of the molecule is CCCC(O)(C(=O)OCC)C1CCOCC1. The minimum Gasteiger partial charge on any atom is -0.464 e. The van der Waals surface area contributed by atoms with Gasteiger partial charge in [-0.1, -0.05) is 13.3 Å². The molecule has 0 spiro atoms. The summed E-state index contributed by atoms with van der Waals surface area (Å²) in [6.45, 7) is 5.28. The second-order valence-corrected chi connectivity index (χ2v) is 4.28. The van der Waals surface area contributed by atoms with E-state index in [1.165, 1.54) is 0 Å². The maximum atomic E-state index is 11.8. The summed E-state index contributed by atoms with van der Waals surface area (Å²) in [6.07, 6.45) is 2.70. The van der Waals surface area contributed by atoms with E-state index < -0.39 is 11.6 Å². The first-order valence-electron chi connectivity index (χ1n) is 6.12. The molecule has 94 valence electrons. The van der Waals surface area contributed by atoms with Crippen LogP contribution in [0.15, 0.2) is 0 Å². The smallest absolute Gasteiger partial charge is 0.338 e. The van der Waals surface area contributed by atoms with Gasteiger partial charge in [-0.2, -0.15) is 0 Å². The quantitative estimate of drug-likeness (QED) is 0.727. The van der Waals surface area contributed by atoms with Gasteiger partial charge in [0.2, 0.25) is 0 Å². The maximum Gasteiger partial charge on any atom is 0.338 e. The zero-order chi connectivity index (χ0) is 12.0. The van der Waals surface area contributed by atoms with Crippen LogP contribution in [-0.2, 0) is 14.3 Å². The standard InChI is InChI=1S/C12H22O4/c1-3-7-12(14,11(13)16-4-2)10-5-8-15-9-6-10/h10,14H,3-9H2,1-2H3. The number of ether oxygens (including phenoxy) is 2. The third-order valence-corrected chi connectivity index (χ3v) is 3.16. The van der Waals surface area contributed by atoms with Crippen molar-refractivity contribution in [3.05, 3.63) is 0 Å². The molecule has 0 aliphatic carbocycles. The first-order chi connectivity index (χ1) is 7.65. The van der Waals surface area contributed by atoms with Crippen LogP contribution in [-0.4, -0.2) is 36.5 Å². The number of hydrogen-bond donors (Lipinski definition) is 1. The van der Waals surface area contributed by atoms with Crippen molar-refractivity contribution < 1.29 is 19.4 Å². The van der Waals surface area contributed by atoms with Crippen molar-refractivity contribution in [2.24, 2.45) is 5.92 Å². The Kier molecular flexibility index (Phi) is 5.22. The average Bonchev–Trinajstić information content (AvgIpc) is 2.30. The van der Waals surface area contributed by atoms with Crippen LogP contribution in [0, 0.1) is 5.92 Å². The predicted molar refractivity (Wildman–Crippen MR) is 60.0 cm³/mol. The topological polar surface area (TPSA) is 55.8 Å². The number of hydrogen-bond acceptors (Lipinski definition) is 4. The largest absolute Gasteiger partial charge is 0.464 e. The van der Waals surface area contributed by atoms with Crippen LogP contribution in [0.2, 0.25) is 0 Å². The molecule has 1 atom stereocenters. The fourth-order valence-electron chi connectivity index (χ4n) is 2.29. The number of carbonyl (C=O) groups excluding carboxylic acids is 1. The molecule has 0 saturated carbocycles. The van der Waals surface area contributed by atoms with Crippen molar-refractivity contribution in [3.63, 3.8) is 0 Å². The van der Waals surface area contributed by atoms with Gasteiger partial charge in [0, 0.05) is 19.1 Å². The number of esters is 1. The highest BCUT2D eigenvalue weighted by Gasteiger charge is 2.44. The predicted octanol–water partition coefficient (Wildman–Crippen LogP) is 1.51. The third kappa shape index (κ3) is 2.95. The second-order valence-electron chi connectivity index (χ2n) is 4.28. The van der Waals surface area contributed by atoms with Gasteiger partial charge >= 0.3 is 5.97 Å². The van der Waals surface area contributed by atoms with Crippen LogP contribution in [0.5, 0.6) is 0 Å². The van der Waals surface area contributed by atoms with Gasteiger partial charge in [0.05, 0.1) is 6.61 Å². The number of aliphatic hydroxyl groups is 1. The van der Waals surface area contributed by atoms with E-state index in [9.17, 15) is 9.90 Å². The van der Waals surface area contributed by atoms with Crippen LogP contribution >= 0.6 is 0 Å². The lowest BCUT2D eigenvalue weighted by Crippen LogP contribution is -2.48. The molecule has 1 aliphatic rings. The molecule has 1 N–H and O–H groups in total. The summed E-state index contributed by atoms with van der Waals surface area (Å²) in [5, 5.41) is 10.5. The first kappa shape index (κ1) is 13.5. The van der Waals surface area contributed by atoms with Gasteiger partial charge in [0.1, 0.15) is 0 Å². The lowest BCUT2D eigenvalue weighted by Gasteiger charge is -2.36. The van der Waals surface area contributed by atoms with E-state index in [1.54, 1.807) is 6.92 Å². The summed E-state index contributed by atoms with van der Waals surface area (Å²) < 4.78 is 10.2. The van der Waals surface area contributed by atoms with Crippen LogP contribution in [0.3, 0.4) is 0 Å². The number of carbonyl (C=O) groups is 1. The monoisotopic (exact) mass is 230 g/mol. The molecule has 4 nitrogen and oxygen atoms in total. The fraction of sp³-hybridized carbons (Fsp3) is 0.917. The summed E-state index contributed by atoms with van der Waals surface area (Å²) in [7, 11) is 0. The summed E-state index contributed by atoms with van der Waals surface area (Å²) in [6, 6.07) is 0. The Labute approximate surface area is 96.9 Å². The van der Waals surface area contributed by atoms with Gasteiger partial charge in [-0.05, 0) is 26.2 Å². The van der Waals surface area contributed by atoms with Crippen LogP contribution in [0.25, 0.3) is 0 Å². The minimum atomic E-state index is -1.31. The molecular weight excluding hydrogens is 208 g/mol. The molecule has 0 amide bonds. The van der Waals surface area contributed by atoms with Gasteiger partial charge < -0.3 is 14.6 Å². The Morgan fingerprint density at radius 1 is 1.44 bits per heavy atom. The minimum absolute atomic E-state index is 0.0275. The van der Waals surface area contributed by atoms with Crippen molar-refractivity contribution in [1.82, 2.24) is 0 Å². The molecular formula is C12H22O4. The summed E-state index contributed by atoms with van der Waals surface area (Å²) >= 11 is 0. The summed E-state index contributed by atoms with van der Waals surface area (Å²) in [5.41, 5.74) is -1.31. The van der Waals surface area contributed by atoms with Crippen molar-refractivity contribution in [3.8, 4) is 0 Å². The molecule has 0 aromatic heterocycles. The molecule has 0 radical (unpaired) electrons. The lowest BCUT2D eigenvalue weighted by atomic mass is 9.79. The Morgan fingerprint density at radius 3 is 2.56 bits per heavy atom. The van der Waals surface area contributed by atoms with E-state index in [4.69, 9.17) is 9.47 Å². The fourth-order valence-corrected chi connectivity index (χ4v) is 2.29. The van der Waals surface area contributed by atoms with Gasteiger partial charge in [-0.3, -0.25) is 0 Å². The molecule has 1 unspecified atom stereocenters. The third-order valence-electron chi connectivity index (χ3n) is 3.16. The molecule has 0 bridgehead atoms. The van der Waals surface area contributed by atoms with Crippen molar-refractivity contribution in [2.75, 3.05) is 19.8 Å². The molecule has 16 heavy (non-hydrogen) atoms. The van der Waals surface area contributed by atoms with E-state index in [1.807, 2.05) is 6.92 Å². The first-order valence-corrected chi connectivity index (χ1v) is 6.12. The molecule has 1 rings (SSSR count). The van der Waals surface area contributed by atoms with Gasteiger partial charge in [0.25, 0.3) is 0 Å². The Balaban J connectivity index is 2.72. The van der Waals surface area contributed by atoms with Gasteiger partial charge in [0.15, 0.2) is 5.60 Å². The van der Waals surface area contributed by atoms with Crippen LogP contribution in [0.1, 0.15) is 39.5 Å². The van der Waals surface area contributed by atoms with Crippen molar-refractivity contribution in [1.29, 1.82) is 0 Å². The van der Waals surface area contributed by atoms with E-state index in [0.29, 0.717) is 26.2 Å². The zero-order valence-electron chi connectivity index (χ0n) is 10.2. The lowest BCUT2D eigenvalue weighted by molar-refractivity contribution is -0.176. The van der Waals surface area contributed by atoms with Crippen LogP contribution < -0.4 is 0 Å². The highest BCUT2D eigenvalue weighted by atomic mass is 16.5. The van der Waals surface area contributed by atoms with E-state index in [0.717, 1.165) is 19.3 Å². The zero-order valence-corrected chi connectivity index (χ0v) is 10.2. The normalized spacial score (nSPS) is 21.4. The second kappa shape index (κ2) is 6.21. The summed E-state index contributed by atoms with van der Waals surface area (Å²) in [4.78, 5) is 11.8. The van der Waals surface area contributed by atoms with E-state index in [2.05, 4.69) is 0 Å². The van der Waals surface area contributed by atoms with Gasteiger partial charge in [-0.25, -0.2) is 4.79 Å². The molecule has 4 heteroatoms. The van der Waals surface area contributed by atoms with Crippen LogP contribution in [0.4, 0.5) is 0 Å². The Hall–Kier alpha value is -0.610. The summed E-state index contributed by atoms with van der Waals surface area (Å²) in [5.74, 6) is -0.496. The highest BCUT2D eigenvalue weighted by molar-refractivity contribution is 5.79. The maximum absolute atomic E-state index is 11.8. The van der Waals surface area contributed by atoms with Crippen molar-refractivity contribution >= 4 is 5.97 Å². The molecule has 1 fully saturated rings. The van der Waals surface area contributed by atoms with E-state index in [-0.39, 0.29) is 5.92 Å². The van der Waals surface area contributed by atoms with Crippen molar-refractivity contribution in [2.45, 2.75) is 45.1 Å². The molecule has 0 aromatic carbocycles. The molecule has 1 saturated heterocycles. The average molecular weight is 230 g/mol. The molecule has 0 aromatic rings. The number of rotatable bonds is 5. The molecule has 1 aliphatic heterocycles. The Morgan fingerprint density at radius 2 is 2.06 bits per heavy atom. The molecule has 1 heterocycles. The highest BCUT2D eigenvalue weighted by Crippen LogP contribution is 2.32.